The van der Waals surface area contributed by atoms with Crippen molar-refractivity contribution in [1.29, 1.82) is 0 Å². The molecular formula is C16H24N2O. The highest BCUT2D eigenvalue weighted by molar-refractivity contribution is 5.94. The zero-order valence-corrected chi connectivity index (χ0v) is 12.2. The molecule has 1 unspecified atom stereocenters. The second-order valence-electron chi connectivity index (χ2n) is 5.55. The largest absolute Gasteiger partial charge is 0.339 e. The van der Waals surface area contributed by atoms with Gasteiger partial charge in [-0.05, 0) is 69.5 Å². The summed E-state index contributed by atoms with van der Waals surface area (Å²) in [5.74, 6) is 0.148. The van der Waals surface area contributed by atoms with E-state index >= 15 is 0 Å². The summed E-state index contributed by atoms with van der Waals surface area (Å²) >= 11 is 0. The van der Waals surface area contributed by atoms with Crippen LogP contribution in [-0.2, 0) is 0 Å². The van der Waals surface area contributed by atoms with Gasteiger partial charge >= 0.3 is 0 Å². The van der Waals surface area contributed by atoms with E-state index in [4.69, 9.17) is 0 Å². The first-order valence-electron chi connectivity index (χ1n) is 7.14. The van der Waals surface area contributed by atoms with Gasteiger partial charge in [-0.2, -0.15) is 0 Å². The van der Waals surface area contributed by atoms with Crippen LogP contribution in [0.2, 0.25) is 0 Å². The maximum atomic E-state index is 12.5. The third-order valence-electron chi connectivity index (χ3n) is 4.17. The monoisotopic (exact) mass is 260 g/mol. The summed E-state index contributed by atoms with van der Waals surface area (Å²) in [5.41, 5.74) is 3.22. The number of nitrogens with zero attached hydrogens (tertiary/aromatic N) is 1. The van der Waals surface area contributed by atoms with E-state index in [1.807, 2.05) is 30.1 Å². The second-order valence-corrected chi connectivity index (χ2v) is 5.55. The van der Waals surface area contributed by atoms with E-state index in [9.17, 15) is 4.79 Å². The van der Waals surface area contributed by atoms with E-state index in [0.29, 0.717) is 6.04 Å². The fourth-order valence-corrected chi connectivity index (χ4v) is 2.63. The Bertz CT molecular complexity index is 448. The van der Waals surface area contributed by atoms with Crippen molar-refractivity contribution in [2.45, 2.75) is 39.2 Å². The number of nitrogens with one attached hydrogen (secondary N) is 1. The molecule has 1 heterocycles. The Labute approximate surface area is 116 Å². The van der Waals surface area contributed by atoms with Crippen molar-refractivity contribution in [2.24, 2.45) is 0 Å². The minimum Gasteiger partial charge on any atom is -0.339 e. The van der Waals surface area contributed by atoms with Crippen LogP contribution < -0.4 is 5.32 Å². The standard InChI is InChI=1S/C16H24N2O/c1-12-6-7-14(11-13(12)2)16(19)18(3)15-5-4-9-17-10-8-15/h6-7,11,15,17H,4-5,8-10H2,1-3H3. The molecule has 3 nitrogen and oxygen atoms in total. The first-order chi connectivity index (χ1) is 9.09. The Morgan fingerprint density at radius 3 is 2.74 bits per heavy atom. The Morgan fingerprint density at radius 2 is 2.00 bits per heavy atom. The molecule has 0 spiro atoms. The number of carbonyl (C=O) groups is 1. The molecule has 1 fully saturated rings. The third-order valence-corrected chi connectivity index (χ3v) is 4.17. The van der Waals surface area contributed by atoms with Crippen LogP contribution in [0.3, 0.4) is 0 Å². The molecule has 0 radical (unpaired) electrons. The normalized spacial score (nSPS) is 19.8. The van der Waals surface area contributed by atoms with Gasteiger partial charge in [0.2, 0.25) is 0 Å². The molecule has 0 bridgehead atoms. The van der Waals surface area contributed by atoms with Crippen LogP contribution in [0.15, 0.2) is 18.2 Å². The van der Waals surface area contributed by atoms with E-state index in [1.165, 1.54) is 11.1 Å². The minimum atomic E-state index is 0.148. The average molecular weight is 260 g/mol. The highest BCUT2D eigenvalue weighted by atomic mass is 16.2. The molecule has 1 saturated heterocycles. The molecule has 104 valence electrons. The molecule has 0 saturated carbocycles. The van der Waals surface area contributed by atoms with Crippen LogP contribution in [0.5, 0.6) is 0 Å². The summed E-state index contributed by atoms with van der Waals surface area (Å²) in [5, 5.41) is 3.39. The number of hydrogen-bond donors (Lipinski definition) is 1. The van der Waals surface area contributed by atoms with Crippen molar-refractivity contribution in [3.05, 3.63) is 34.9 Å². The first-order valence-corrected chi connectivity index (χ1v) is 7.14. The first kappa shape index (κ1) is 14.1. The van der Waals surface area contributed by atoms with Gasteiger partial charge in [0.1, 0.15) is 0 Å². The molecule has 1 aliphatic rings. The summed E-state index contributed by atoms with van der Waals surface area (Å²) in [4.78, 5) is 14.5. The van der Waals surface area contributed by atoms with Crippen molar-refractivity contribution in [2.75, 3.05) is 20.1 Å². The predicted octanol–water partition coefficient (Wildman–Crippen LogP) is 2.52. The van der Waals surface area contributed by atoms with Crippen molar-refractivity contribution < 1.29 is 4.79 Å². The fraction of sp³-hybridized carbons (Fsp3) is 0.562. The number of rotatable bonds is 2. The molecule has 2 rings (SSSR count). The summed E-state index contributed by atoms with van der Waals surface area (Å²) < 4.78 is 0. The van der Waals surface area contributed by atoms with Gasteiger partial charge < -0.3 is 10.2 Å². The third kappa shape index (κ3) is 3.35. The van der Waals surface area contributed by atoms with Gasteiger partial charge in [0, 0.05) is 18.7 Å². The Morgan fingerprint density at radius 1 is 1.21 bits per heavy atom. The smallest absolute Gasteiger partial charge is 0.253 e. The van der Waals surface area contributed by atoms with Crippen LogP contribution in [0.25, 0.3) is 0 Å². The molecule has 1 amide bonds. The van der Waals surface area contributed by atoms with Crippen molar-refractivity contribution in [3.63, 3.8) is 0 Å². The highest BCUT2D eigenvalue weighted by Crippen LogP contribution is 2.17. The summed E-state index contributed by atoms with van der Waals surface area (Å²) in [6, 6.07) is 6.34. The Kier molecular flexibility index (Phi) is 4.59. The van der Waals surface area contributed by atoms with Crippen molar-refractivity contribution >= 4 is 5.91 Å². The highest BCUT2D eigenvalue weighted by Gasteiger charge is 2.22. The van der Waals surface area contributed by atoms with Crippen LogP contribution >= 0.6 is 0 Å². The minimum absolute atomic E-state index is 0.148. The lowest BCUT2D eigenvalue weighted by atomic mass is 10.0. The van der Waals surface area contributed by atoms with E-state index in [0.717, 1.165) is 37.9 Å². The number of carbonyl (C=O) groups excluding carboxylic acids is 1. The molecular weight excluding hydrogens is 236 g/mol. The molecule has 1 aromatic rings. The van der Waals surface area contributed by atoms with E-state index in [1.54, 1.807) is 0 Å². The van der Waals surface area contributed by atoms with Gasteiger partial charge in [-0.15, -0.1) is 0 Å². The quantitative estimate of drug-likeness (QED) is 0.886. The van der Waals surface area contributed by atoms with Crippen LogP contribution in [0.1, 0.15) is 40.7 Å². The van der Waals surface area contributed by atoms with E-state index in [-0.39, 0.29) is 5.91 Å². The van der Waals surface area contributed by atoms with Gasteiger partial charge in [-0.3, -0.25) is 4.79 Å². The molecule has 1 aliphatic heterocycles. The zero-order chi connectivity index (χ0) is 13.8. The molecule has 1 aromatic carbocycles. The maximum absolute atomic E-state index is 12.5. The predicted molar refractivity (Wildman–Crippen MR) is 78.5 cm³/mol. The Balaban J connectivity index is 2.10. The number of hydrogen-bond acceptors (Lipinski definition) is 2. The van der Waals surface area contributed by atoms with Gasteiger partial charge in [0.05, 0.1) is 0 Å². The van der Waals surface area contributed by atoms with Crippen LogP contribution in [-0.4, -0.2) is 37.0 Å². The lowest BCUT2D eigenvalue weighted by Crippen LogP contribution is -2.37. The van der Waals surface area contributed by atoms with E-state index < -0.39 is 0 Å². The van der Waals surface area contributed by atoms with Gasteiger partial charge in [-0.25, -0.2) is 0 Å². The summed E-state index contributed by atoms with van der Waals surface area (Å²) in [6.45, 7) is 6.21. The maximum Gasteiger partial charge on any atom is 0.253 e. The fourth-order valence-electron chi connectivity index (χ4n) is 2.63. The summed E-state index contributed by atoms with van der Waals surface area (Å²) in [7, 11) is 1.94. The molecule has 0 aliphatic carbocycles. The summed E-state index contributed by atoms with van der Waals surface area (Å²) in [6.07, 6.45) is 3.29. The Hall–Kier alpha value is -1.35. The van der Waals surface area contributed by atoms with Crippen molar-refractivity contribution in [3.8, 4) is 0 Å². The molecule has 0 aromatic heterocycles. The molecule has 19 heavy (non-hydrogen) atoms. The average Bonchev–Trinajstić information content (AvgIpc) is 2.69. The molecule has 1 atom stereocenters. The SMILES string of the molecule is Cc1ccc(C(=O)N(C)C2CCCNCC2)cc1C. The van der Waals surface area contributed by atoms with Gasteiger partial charge in [0.15, 0.2) is 0 Å². The van der Waals surface area contributed by atoms with Crippen molar-refractivity contribution in [1.82, 2.24) is 10.2 Å². The number of amides is 1. The van der Waals surface area contributed by atoms with Crippen LogP contribution in [0, 0.1) is 13.8 Å². The number of aryl methyl sites for hydroxylation is 2. The van der Waals surface area contributed by atoms with E-state index in [2.05, 4.69) is 19.2 Å². The van der Waals surface area contributed by atoms with Gasteiger partial charge in [0.25, 0.3) is 5.91 Å². The molecule has 1 N–H and O–H groups in total. The topological polar surface area (TPSA) is 32.3 Å². The lowest BCUT2D eigenvalue weighted by Gasteiger charge is -2.27. The second kappa shape index (κ2) is 6.20. The molecule has 3 heteroatoms. The zero-order valence-electron chi connectivity index (χ0n) is 12.2. The lowest BCUT2D eigenvalue weighted by molar-refractivity contribution is 0.0720. The van der Waals surface area contributed by atoms with Gasteiger partial charge in [-0.1, -0.05) is 6.07 Å². The number of benzene rings is 1. The van der Waals surface area contributed by atoms with Crippen LogP contribution in [0.4, 0.5) is 0 Å².